The Bertz CT molecular complexity index is 1470. The molecule has 0 fully saturated rings. The molecule has 4 rings (SSSR count). The molecule has 0 aliphatic rings. The van der Waals surface area contributed by atoms with Crippen molar-refractivity contribution < 1.29 is 17.1 Å². The van der Waals surface area contributed by atoms with Gasteiger partial charge in [0.25, 0.3) is 0 Å². The smallest absolute Gasteiger partial charge is 0.741 e. The molecule has 223 valence electrons. The topological polar surface area (TPSA) is 73.5 Å². The van der Waals surface area contributed by atoms with E-state index < -0.39 is 7.26 Å². The summed E-state index contributed by atoms with van der Waals surface area (Å²) in [7, 11) is -0.413. The van der Waals surface area contributed by atoms with Crippen molar-refractivity contribution in [1.29, 1.82) is 0 Å². The van der Waals surface area contributed by atoms with Crippen LogP contribution >= 0.6 is 7.26 Å². The van der Waals surface area contributed by atoms with Crippen LogP contribution in [0, 0.1) is 0 Å². The van der Waals surface area contributed by atoms with Crippen molar-refractivity contribution in [3.63, 3.8) is 0 Å². The quantitative estimate of drug-likeness (QED) is 0.0629. The molecule has 0 bridgehead atoms. The summed E-state index contributed by atoms with van der Waals surface area (Å²) in [5, 5.41) is 28.0. The van der Waals surface area contributed by atoms with Gasteiger partial charge in [-0.15, -0.1) is 5.10 Å². The first-order valence-electron chi connectivity index (χ1n) is 13.7. The summed E-state index contributed by atoms with van der Waals surface area (Å²) >= 11 is 10.9. The zero-order valence-electron chi connectivity index (χ0n) is 24.2. The van der Waals surface area contributed by atoms with Crippen LogP contribution in [0.4, 0.5) is 0 Å². The van der Waals surface area contributed by atoms with E-state index in [2.05, 4.69) is 123 Å². The Hall–Kier alpha value is -3.45. The Morgan fingerprint density at radius 3 is 1.56 bits per heavy atom. The number of benzene rings is 4. The van der Waals surface area contributed by atoms with Crippen molar-refractivity contribution >= 4 is 70.2 Å². The third kappa shape index (κ3) is 8.79. The first-order chi connectivity index (χ1) is 20.5. The van der Waals surface area contributed by atoms with Gasteiger partial charge in [0.15, 0.2) is 0 Å². The van der Waals surface area contributed by atoms with Crippen LogP contribution < -0.4 is 26.5 Å². The molecule has 0 aliphatic heterocycles. The van der Waals surface area contributed by atoms with Crippen LogP contribution in [-0.4, -0.2) is 35.1 Å². The molecule has 4 aromatic carbocycles. The maximum atomic E-state index is 5.69. The Morgan fingerprint density at radius 2 is 1.12 bits per heavy atom. The minimum absolute atomic E-state index is 0. The molecule has 0 aromatic heterocycles. The van der Waals surface area contributed by atoms with E-state index in [1.54, 1.807) is 7.05 Å². The summed E-state index contributed by atoms with van der Waals surface area (Å²) in [5.74, 6) is 0. The monoisotopic (exact) mass is 672 g/mol. The van der Waals surface area contributed by atoms with Crippen molar-refractivity contribution in [2.45, 2.75) is 20.3 Å². The summed E-state index contributed by atoms with van der Waals surface area (Å²) in [4.78, 5) is 0. The predicted octanol–water partition coefficient (Wildman–Crippen LogP) is 4.89. The van der Waals surface area contributed by atoms with Gasteiger partial charge in [-0.3, -0.25) is 0 Å². The van der Waals surface area contributed by atoms with E-state index >= 15 is 0 Å². The fourth-order valence-electron chi connectivity index (χ4n) is 4.54. The standard InChI is InChI=1S/C33H35N6PS2.Cu/c1-4-26-20-22-27(23-21-26)31(37-38-32(41)34-3)25(2)36-39-33(42)35-24-40(28-14-8-5-9-15-28,29-16-10-6-11-17-29)30-18-12-7-13-19-30;/h5-23H,4,24H2,1-3H3,(H3-,34,35,36,37,38,39,41,42);/q;+2/p-1. The average molecular weight is 673 g/mol. The van der Waals surface area contributed by atoms with E-state index in [-0.39, 0.29) is 22.2 Å². The minimum atomic E-state index is -2.12. The van der Waals surface area contributed by atoms with Crippen molar-refractivity contribution in [2.24, 2.45) is 20.4 Å². The molecule has 43 heavy (non-hydrogen) atoms. The number of amidine groups is 2. The molecule has 0 amide bonds. The van der Waals surface area contributed by atoms with E-state index in [4.69, 9.17) is 25.3 Å². The second-order valence-corrected chi connectivity index (χ2v) is 13.7. The van der Waals surface area contributed by atoms with E-state index in [0.29, 0.717) is 22.9 Å². The Balaban J connectivity index is 0.00000506. The van der Waals surface area contributed by atoms with Crippen LogP contribution in [0.15, 0.2) is 136 Å². The van der Waals surface area contributed by atoms with Crippen molar-refractivity contribution in [1.82, 2.24) is 10.6 Å². The molecule has 2 N–H and O–H groups in total. The Morgan fingerprint density at radius 1 is 0.651 bits per heavy atom. The third-order valence-electron chi connectivity index (χ3n) is 6.78. The summed E-state index contributed by atoms with van der Waals surface area (Å²) in [6, 6.07) is 40.0. The fourth-order valence-corrected chi connectivity index (χ4v) is 8.67. The van der Waals surface area contributed by atoms with Crippen LogP contribution in [0.5, 0.6) is 0 Å². The van der Waals surface area contributed by atoms with Gasteiger partial charge in [0.05, 0.1) is 5.71 Å². The van der Waals surface area contributed by atoms with E-state index in [1.165, 1.54) is 21.5 Å². The molecule has 0 heterocycles. The van der Waals surface area contributed by atoms with Gasteiger partial charge < -0.3 is 35.9 Å². The molecule has 6 nitrogen and oxygen atoms in total. The van der Waals surface area contributed by atoms with Crippen LogP contribution in [0.25, 0.3) is 0 Å². The zero-order valence-corrected chi connectivity index (χ0v) is 27.7. The number of aryl methyl sites for hydroxylation is 1. The summed E-state index contributed by atoms with van der Waals surface area (Å²) in [6.45, 7) is 3.96. The average Bonchev–Trinajstić information content (AvgIpc) is 3.05. The van der Waals surface area contributed by atoms with E-state index in [9.17, 15) is 0 Å². The van der Waals surface area contributed by atoms with E-state index in [0.717, 1.165) is 12.0 Å². The first kappa shape index (κ1) is 34.0. The SMILES string of the molecule is CCc1ccc(C(=N\N=C(/[S-])NC)/C(C)=N/N=C(\[S-])NC[P+](c2ccccc2)(c2ccccc2)c2ccccc2)cc1.[Cu+2]. The number of hydrogen-bond donors (Lipinski definition) is 2. The maximum Gasteiger partial charge on any atom is 2.00 e. The van der Waals surface area contributed by atoms with Crippen LogP contribution in [0.2, 0.25) is 0 Å². The van der Waals surface area contributed by atoms with Crippen molar-refractivity contribution in [3.8, 4) is 0 Å². The molecule has 0 atom stereocenters. The summed E-state index contributed by atoms with van der Waals surface area (Å²) in [6.07, 6.45) is 1.54. The molecule has 0 aliphatic carbocycles. The third-order valence-corrected chi connectivity index (χ3v) is 11.5. The Labute approximate surface area is 276 Å². The maximum absolute atomic E-state index is 5.69. The number of nitrogens with one attached hydrogen (secondary N) is 2. The number of nitrogens with zero attached hydrogens (tertiary/aromatic N) is 4. The van der Waals surface area contributed by atoms with Gasteiger partial charge in [-0.2, -0.15) is 15.3 Å². The van der Waals surface area contributed by atoms with Gasteiger partial charge in [-0.1, -0.05) is 85.8 Å². The van der Waals surface area contributed by atoms with Crippen LogP contribution in [0.3, 0.4) is 0 Å². The summed E-state index contributed by atoms with van der Waals surface area (Å²) in [5.41, 5.74) is 3.24. The number of rotatable bonds is 10. The van der Waals surface area contributed by atoms with Crippen LogP contribution in [-0.2, 0) is 48.7 Å². The van der Waals surface area contributed by atoms with Gasteiger partial charge in [0.1, 0.15) is 35.2 Å². The number of hydrogen-bond acceptors (Lipinski definition) is 6. The van der Waals surface area contributed by atoms with Crippen molar-refractivity contribution in [2.75, 3.05) is 13.3 Å². The molecule has 0 unspecified atom stereocenters. The minimum Gasteiger partial charge on any atom is -0.741 e. The second kappa shape index (κ2) is 17.0. The largest absolute Gasteiger partial charge is 2.00 e. The van der Waals surface area contributed by atoms with Gasteiger partial charge in [0.2, 0.25) is 0 Å². The molecule has 0 saturated heterocycles. The van der Waals surface area contributed by atoms with Crippen molar-refractivity contribution in [3.05, 3.63) is 126 Å². The fraction of sp³-hybridized carbons (Fsp3) is 0.152. The molecule has 0 spiro atoms. The second-order valence-electron chi connectivity index (χ2n) is 9.40. The van der Waals surface area contributed by atoms with Gasteiger partial charge >= 0.3 is 17.1 Å². The molecule has 10 heteroatoms. The first-order valence-corrected chi connectivity index (χ1v) is 16.4. The van der Waals surface area contributed by atoms with Gasteiger partial charge in [-0.25, -0.2) is 0 Å². The van der Waals surface area contributed by atoms with Gasteiger partial charge in [-0.05, 0) is 60.5 Å². The summed E-state index contributed by atoms with van der Waals surface area (Å²) < 4.78 is 0. The van der Waals surface area contributed by atoms with Gasteiger partial charge in [0, 0.05) is 17.8 Å². The molecule has 1 radical (unpaired) electrons. The zero-order chi connectivity index (χ0) is 29.8. The molecular weight excluding hydrogens is 639 g/mol. The van der Waals surface area contributed by atoms with E-state index in [1.807, 2.05) is 37.3 Å². The Kier molecular flexibility index (Phi) is 13.5. The molecular formula is C33H34CuN6PS2+. The molecule has 0 saturated carbocycles. The normalized spacial score (nSPS) is 12.8. The predicted molar refractivity (Wildman–Crippen MR) is 187 cm³/mol. The van der Waals surface area contributed by atoms with Crippen LogP contribution in [0.1, 0.15) is 25.0 Å². The molecule has 4 aromatic rings.